The Kier molecular flexibility index (Phi) is 7.49. The van der Waals surface area contributed by atoms with E-state index in [9.17, 15) is 14.7 Å². The van der Waals surface area contributed by atoms with Gasteiger partial charge in [0.2, 0.25) is 0 Å². The topological polar surface area (TPSA) is 93.9 Å². The molecule has 2 heterocycles. The number of carboxylic acid groups (broad SMARTS) is 1. The van der Waals surface area contributed by atoms with Crippen molar-refractivity contribution < 1.29 is 24.2 Å². The van der Waals surface area contributed by atoms with Gasteiger partial charge in [-0.2, -0.15) is 0 Å². The van der Waals surface area contributed by atoms with Crippen LogP contribution in [0, 0.1) is 0 Å². The van der Waals surface area contributed by atoms with Crippen LogP contribution < -0.4 is 0 Å². The van der Waals surface area contributed by atoms with Gasteiger partial charge in [0.25, 0.3) is 0 Å². The normalized spacial score (nSPS) is 19.7. The maximum Gasteiger partial charge on any atom is 0.410 e. The van der Waals surface area contributed by atoms with E-state index in [1.807, 2.05) is 48.1 Å². The highest BCUT2D eigenvalue weighted by Gasteiger charge is 2.39. The monoisotopic (exact) mass is 479 g/mol. The van der Waals surface area contributed by atoms with Gasteiger partial charge in [-0.05, 0) is 40.8 Å². The minimum absolute atomic E-state index is 0.211. The fourth-order valence-corrected chi connectivity index (χ4v) is 4.22. The number of nitrogens with zero attached hydrogens (tertiary/aromatic N) is 3. The first-order valence-electron chi connectivity index (χ1n) is 9.90. The van der Waals surface area contributed by atoms with Gasteiger partial charge >= 0.3 is 12.1 Å². The molecule has 1 unspecified atom stereocenters. The van der Waals surface area contributed by atoms with Gasteiger partial charge in [-0.1, -0.05) is 30.3 Å². The average molecular weight is 480 g/mol. The zero-order chi connectivity index (χ0) is 21.6. The minimum Gasteiger partial charge on any atom is -0.480 e. The zero-order valence-corrected chi connectivity index (χ0v) is 18.5. The van der Waals surface area contributed by atoms with Crippen molar-refractivity contribution in [1.29, 1.82) is 0 Å². The van der Waals surface area contributed by atoms with Crippen molar-refractivity contribution in [1.82, 2.24) is 14.5 Å². The van der Waals surface area contributed by atoms with Crippen LogP contribution in [-0.2, 0) is 33.5 Å². The molecule has 1 amide bonds. The summed E-state index contributed by atoms with van der Waals surface area (Å²) in [5, 5.41) is 9.18. The number of carbonyl (C=O) groups is 2. The van der Waals surface area contributed by atoms with Crippen LogP contribution in [0.15, 0.2) is 41.1 Å². The number of amides is 1. The molecule has 1 aromatic carbocycles. The number of ether oxygens (including phenoxy) is 2. The average Bonchev–Trinajstić information content (AvgIpc) is 3.05. The number of likely N-dealkylation sites (tertiary alicyclic amines) is 1. The van der Waals surface area contributed by atoms with Crippen molar-refractivity contribution in [3.63, 3.8) is 0 Å². The Hall–Kier alpha value is -2.39. The molecule has 30 heavy (non-hydrogen) atoms. The number of hydrogen-bond acceptors (Lipinski definition) is 5. The molecule has 8 nitrogen and oxygen atoms in total. The number of benzene rings is 1. The highest BCUT2D eigenvalue weighted by molar-refractivity contribution is 9.10. The van der Waals surface area contributed by atoms with Crippen LogP contribution in [-0.4, -0.2) is 51.3 Å². The number of halogens is 1. The lowest BCUT2D eigenvalue weighted by atomic mass is 9.89. The number of aliphatic carboxylic acids is 1. The maximum absolute atomic E-state index is 12.7. The van der Waals surface area contributed by atoms with Crippen molar-refractivity contribution >= 4 is 28.0 Å². The van der Waals surface area contributed by atoms with Crippen molar-refractivity contribution in [3.05, 3.63) is 52.5 Å². The number of aromatic nitrogens is 2. The quantitative estimate of drug-likeness (QED) is 0.678. The van der Waals surface area contributed by atoms with E-state index < -0.39 is 18.2 Å². The van der Waals surface area contributed by atoms with Gasteiger partial charge in [-0.3, -0.25) is 0 Å². The Morgan fingerprint density at radius 1 is 1.20 bits per heavy atom. The fraction of sp³-hybridized carbons (Fsp3) is 0.476. The van der Waals surface area contributed by atoms with Crippen LogP contribution in [0.3, 0.4) is 0 Å². The van der Waals surface area contributed by atoms with Gasteiger partial charge in [-0.15, -0.1) is 0 Å². The second-order valence-corrected chi connectivity index (χ2v) is 8.22. The molecule has 9 heteroatoms. The van der Waals surface area contributed by atoms with Crippen molar-refractivity contribution in [2.45, 2.75) is 37.9 Å². The molecule has 1 saturated heterocycles. The van der Waals surface area contributed by atoms with Crippen LogP contribution in [0.5, 0.6) is 0 Å². The van der Waals surface area contributed by atoms with Crippen LogP contribution in [0.2, 0.25) is 0 Å². The Morgan fingerprint density at radius 2 is 1.97 bits per heavy atom. The molecule has 0 aliphatic carbocycles. The summed E-state index contributed by atoms with van der Waals surface area (Å²) >= 11 is 3.38. The number of aryl methyl sites for hydroxylation is 1. The third-order valence-electron chi connectivity index (χ3n) is 5.23. The highest BCUT2D eigenvalue weighted by atomic mass is 79.9. The number of rotatable bonds is 6. The Labute approximate surface area is 183 Å². The van der Waals surface area contributed by atoms with E-state index in [4.69, 9.17) is 9.47 Å². The maximum atomic E-state index is 12.7. The van der Waals surface area contributed by atoms with Crippen molar-refractivity contribution in [2.24, 2.45) is 7.05 Å². The first-order valence-corrected chi connectivity index (χ1v) is 10.7. The summed E-state index contributed by atoms with van der Waals surface area (Å²) < 4.78 is 13.9. The van der Waals surface area contributed by atoms with Crippen molar-refractivity contribution in [2.75, 3.05) is 19.7 Å². The van der Waals surface area contributed by atoms with Crippen LogP contribution in [0.1, 0.15) is 37.1 Å². The molecule has 1 aliphatic heterocycles. The van der Waals surface area contributed by atoms with Crippen LogP contribution in [0.25, 0.3) is 0 Å². The molecule has 0 spiro atoms. The molecule has 162 valence electrons. The predicted octanol–water partition coefficient (Wildman–Crippen LogP) is 3.69. The zero-order valence-electron chi connectivity index (χ0n) is 16.9. The summed E-state index contributed by atoms with van der Waals surface area (Å²) in [5.41, 5.74) is 0.0345. The number of carbonyl (C=O) groups excluding carboxylic acids is 1. The van der Waals surface area contributed by atoms with Gasteiger partial charge in [0.1, 0.15) is 29.2 Å². The van der Waals surface area contributed by atoms with Gasteiger partial charge in [0, 0.05) is 32.8 Å². The molecule has 1 aliphatic rings. The molecule has 1 atom stereocenters. The number of hydrogen-bond donors (Lipinski definition) is 1. The lowest BCUT2D eigenvalue weighted by molar-refractivity contribution is -0.154. The van der Waals surface area contributed by atoms with Gasteiger partial charge in [0.15, 0.2) is 0 Å². The second-order valence-electron chi connectivity index (χ2n) is 7.41. The third-order valence-corrected chi connectivity index (χ3v) is 5.62. The van der Waals surface area contributed by atoms with Crippen LogP contribution >= 0.6 is 15.9 Å². The molecular formula is C21H26BrN3O5. The number of imidazole rings is 1. The Bertz CT molecular complexity index is 873. The largest absolute Gasteiger partial charge is 0.480 e. The lowest BCUT2D eigenvalue weighted by Gasteiger charge is -2.37. The van der Waals surface area contributed by atoms with E-state index in [-0.39, 0.29) is 12.7 Å². The molecule has 1 fully saturated rings. The molecule has 1 aromatic heterocycles. The van der Waals surface area contributed by atoms with Gasteiger partial charge in [-0.25, -0.2) is 14.6 Å². The number of carboxylic acids is 1. The van der Waals surface area contributed by atoms with Crippen LogP contribution in [0.4, 0.5) is 4.79 Å². The Morgan fingerprint density at radius 3 is 2.63 bits per heavy atom. The standard InChI is InChI=1S/C21H26BrN3O5/c1-24-13-17(22)23-19(24)21(30-15-18(26)27)9-5-6-11-25(12-10-21)20(28)29-14-16-7-3-2-4-8-16/h2-4,7-8,13H,5-6,9-12,14-15H2,1H3,(H,26,27). The minimum atomic E-state index is -1.04. The molecule has 1 N–H and O–H groups in total. The predicted molar refractivity (Wildman–Crippen MR) is 113 cm³/mol. The summed E-state index contributed by atoms with van der Waals surface area (Å²) in [6.07, 6.45) is 4.03. The van der Waals surface area contributed by atoms with Gasteiger partial charge < -0.3 is 24.0 Å². The van der Waals surface area contributed by atoms with E-state index >= 15 is 0 Å². The van der Waals surface area contributed by atoms with E-state index in [2.05, 4.69) is 20.9 Å². The lowest BCUT2D eigenvalue weighted by Crippen LogP contribution is -2.43. The van der Waals surface area contributed by atoms with Gasteiger partial charge in [0.05, 0.1) is 0 Å². The summed E-state index contributed by atoms with van der Waals surface area (Å²) in [6, 6.07) is 9.53. The molecular weight excluding hydrogens is 454 g/mol. The third kappa shape index (κ3) is 5.60. The summed E-state index contributed by atoms with van der Waals surface area (Å²) in [7, 11) is 1.85. The molecule has 2 aromatic rings. The van der Waals surface area contributed by atoms with E-state index in [0.717, 1.165) is 18.4 Å². The fourth-order valence-electron chi connectivity index (χ4n) is 3.74. The first-order chi connectivity index (χ1) is 14.4. The molecule has 0 bridgehead atoms. The Balaban J connectivity index is 1.73. The summed E-state index contributed by atoms with van der Waals surface area (Å²) in [6.45, 7) is 0.761. The first kappa shape index (κ1) is 22.3. The van der Waals surface area contributed by atoms with E-state index in [1.165, 1.54) is 0 Å². The highest BCUT2D eigenvalue weighted by Crippen LogP contribution is 2.36. The summed E-state index contributed by atoms with van der Waals surface area (Å²) in [4.78, 5) is 30.1. The SMILES string of the molecule is Cn1cc(Br)nc1C1(OCC(=O)O)CCCCN(C(=O)OCc2ccccc2)CC1. The second kappa shape index (κ2) is 10.1. The van der Waals surface area contributed by atoms with Crippen molar-refractivity contribution in [3.8, 4) is 0 Å². The molecule has 3 rings (SSSR count). The van der Waals surface area contributed by atoms with E-state index in [1.54, 1.807) is 4.90 Å². The summed E-state index contributed by atoms with van der Waals surface area (Å²) in [5.74, 6) is -0.390. The molecule has 0 radical (unpaired) electrons. The smallest absolute Gasteiger partial charge is 0.410 e. The van der Waals surface area contributed by atoms with E-state index in [0.29, 0.717) is 36.4 Å². The molecule has 0 saturated carbocycles.